The number of pyridine rings is 1. The molecule has 9 heteroatoms. The van der Waals surface area contributed by atoms with Crippen LogP contribution in [0.2, 0.25) is 0 Å². The molecule has 2 heterocycles. The summed E-state index contributed by atoms with van der Waals surface area (Å²) in [6.07, 6.45) is 1.53. The number of nitrogens with zero attached hydrogens (tertiary/aromatic N) is 2. The van der Waals surface area contributed by atoms with Gasteiger partial charge in [0, 0.05) is 16.4 Å². The smallest absolute Gasteiger partial charge is 0.274 e. The molecule has 0 spiro atoms. The molecule has 8 nitrogen and oxygen atoms in total. The lowest BCUT2D eigenvalue weighted by Gasteiger charge is -2.18. The predicted octanol–water partition coefficient (Wildman–Crippen LogP) is 3.91. The van der Waals surface area contributed by atoms with Crippen molar-refractivity contribution in [3.63, 3.8) is 0 Å². The SMILES string of the molecule is COc1ccc2c(c1OC)C(=O)N(Cc1cc(Br)ccc1NC(=O)c1ccccn1)C2=O. The molecule has 0 saturated carbocycles. The van der Waals surface area contributed by atoms with Crippen LogP contribution in [0.15, 0.2) is 59.2 Å². The molecule has 162 valence electrons. The second-order valence-corrected chi connectivity index (χ2v) is 7.81. The number of methoxy groups -OCH3 is 2. The summed E-state index contributed by atoms with van der Waals surface area (Å²) in [5.74, 6) is -0.776. The number of carbonyl (C=O) groups is 3. The van der Waals surface area contributed by atoms with Crippen LogP contribution >= 0.6 is 15.9 Å². The number of aromatic nitrogens is 1. The lowest BCUT2D eigenvalue weighted by Crippen LogP contribution is -2.29. The molecule has 1 aliphatic rings. The van der Waals surface area contributed by atoms with E-state index in [1.807, 2.05) is 0 Å². The average molecular weight is 496 g/mol. The van der Waals surface area contributed by atoms with Crippen LogP contribution in [-0.4, -0.2) is 41.8 Å². The van der Waals surface area contributed by atoms with Gasteiger partial charge < -0.3 is 14.8 Å². The number of carbonyl (C=O) groups excluding carboxylic acids is 3. The first-order chi connectivity index (χ1) is 15.4. The largest absolute Gasteiger partial charge is 0.493 e. The summed E-state index contributed by atoms with van der Waals surface area (Å²) in [7, 11) is 2.87. The second kappa shape index (κ2) is 8.80. The molecule has 0 aliphatic carbocycles. The first-order valence-electron chi connectivity index (χ1n) is 9.56. The quantitative estimate of drug-likeness (QED) is 0.520. The number of nitrogens with one attached hydrogen (secondary N) is 1. The van der Waals surface area contributed by atoms with Gasteiger partial charge in [0.05, 0.1) is 31.9 Å². The number of benzene rings is 2. The van der Waals surface area contributed by atoms with E-state index in [9.17, 15) is 14.4 Å². The van der Waals surface area contributed by atoms with Crippen molar-refractivity contribution in [1.82, 2.24) is 9.88 Å². The minimum absolute atomic E-state index is 0.0465. The molecule has 4 rings (SSSR count). The van der Waals surface area contributed by atoms with E-state index in [-0.39, 0.29) is 29.1 Å². The minimum Gasteiger partial charge on any atom is -0.493 e. The number of hydrogen-bond donors (Lipinski definition) is 1. The summed E-state index contributed by atoms with van der Waals surface area (Å²) in [5, 5.41) is 2.80. The second-order valence-electron chi connectivity index (χ2n) is 6.89. The molecule has 0 fully saturated rings. The summed E-state index contributed by atoms with van der Waals surface area (Å²) in [6, 6.07) is 13.4. The van der Waals surface area contributed by atoms with Gasteiger partial charge in [-0.3, -0.25) is 24.3 Å². The van der Waals surface area contributed by atoms with Gasteiger partial charge in [-0.15, -0.1) is 0 Å². The van der Waals surface area contributed by atoms with E-state index in [0.29, 0.717) is 17.0 Å². The average Bonchev–Trinajstić information content (AvgIpc) is 3.05. The minimum atomic E-state index is -0.497. The lowest BCUT2D eigenvalue weighted by atomic mass is 10.1. The van der Waals surface area contributed by atoms with E-state index >= 15 is 0 Å². The Kier molecular flexibility index (Phi) is 5.91. The monoisotopic (exact) mass is 495 g/mol. The van der Waals surface area contributed by atoms with Crippen molar-refractivity contribution in [1.29, 1.82) is 0 Å². The first-order valence-corrected chi connectivity index (χ1v) is 10.4. The number of ether oxygens (including phenoxy) is 2. The molecule has 0 bridgehead atoms. The number of halogens is 1. The summed E-state index contributed by atoms with van der Waals surface area (Å²) < 4.78 is 11.3. The van der Waals surface area contributed by atoms with Gasteiger partial charge in [0.15, 0.2) is 11.5 Å². The van der Waals surface area contributed by atoms with Crippen molar-refractivity contribution in [3.8, 4) is 11.5 Å². The van der Waals surface area contributed by atoms with E-state index in [1.54, 1.807) is 48.5 Å². The summed E-state index contributed by atoms with van der Waals surface area (Å²) in [6.45, 7) is -0.0465. The fourth-order valence-corrected chi connectivity index (χ4v) is 3.91. The topological polar surface area (TPSA) is 97.8 Å². The zero-order chi connectivity index (χ0) is 22.8. The number of hydrogen-bond acceptors (Lipinski definition) is 6. The van der Waals surface area contributed by atoms with Crippen molar-refractivity contribution in [2.75, 3.05) is 19.5 Å². The van der Waals surface area contributed by atoms with Gasteiger partial charge in [-0.05, 0) is 48.0 Å². The maximum atomic E-state index is 13.2. The number of rotatable bonds is 6. The van der Waals surface area contributed by atoms with Gasteiger partial charge in [0.1, 0.15) is 5.69 Å². The fourth-order valence-electron chi connectivity index (χ4n) is 3.50. The summed E-state index contributed by atoms with van der Waals surface area (Å²) >= 11 is 3.41. The van der Waals surface area contributed by atoms with Crippen LogP contribution < -0.4 is 14.8 Å². The standard InChI is InChI=1S/C23H18BrN3O5/c1-31-18-9-7-15-19(20(18)32-2)23(30)27(22(15)29)12-13-11-14(24)6-8-16(13)26-21(28)17-5-3-4-10-25-17/h3-11H,12H2,1-2H3,(H,26,28). The van der Waals surface area contributed by atoms with Gasteiger partial charge in [-0.1, -0.05) is 22.0 Å². The highest BCUT2D eigenvalue weighted by atomic mass is 79.9. The van der Waals surface area contributed by atoms with Crippen LogP contribution in [0.3, 0.4) is 0 Å². The van der Waals surface area contributed by atoms with Crippen molar-refractivity contribution in [3.05, 3.63) is 81.6 Å². The van der Waals surface area contributed by atoms with Crippen molar-refractivity contribution >= 4 is 39.3 Å². The molecule has 0 saturated heterocycles. The van der Waals surface area contributed by atoms with Crippen LogP contribution in [0.5, 0.6) is 11.5 Å². The number of fused-ring (bicyclic) bond motifs is 1. The molecular formula is C23H18BrN3O5. The molecule has 1 aliphatic heterocycles. The first kappa shape index (κ1) is 21.5. The van der Waals surface area contributed by atoms with Crippen molar-refractivity contribution < 1.29 is 23.9 Å². The third-order valence-corrected chi connectivity index (χ3v) is 5.51. The molecule has 0 unspecified atom stereocenters. The molecule has 1 N–H and O–H groups in total. The van der Waals surface area contributed by atoms with E-state index < -0.39 is 17.7 Å². The van der Waals surface area contributed by atoms with Crippen LogP contribution in [0, 0.1) is 0 Å². The molecule has 32 heavy (non-hydrogen) atoms. The Morgan fingerprint density at radius 1 is 1.06 bits per heavy atom. The van der Waals surface area contributed by atoms with Crippen LogP contribution in [0.4, 0.5) is 5.69 Å². The number of imide groups is 1. The Balaban J connectivity index is 1.66. The Hall–Kier alpha value is -3.72. The van der Waals surface area contributed by atoms with Gasteiger partial charge in [0.25, 0.3) is 17.7 Å². The van der Waals surface area contributed by atoms with Gasteiger partial charge in [0.2, 0.25) is 0 Å². The molecule has 3 aromatic rings. The Labute approximate surface area is 192 Å². The molecule has 0 radical (unpaired) electrons. The highest BCUT2D eigenvalue weighted by Crippen LogP contribution is 2.39. The Morgan fingerprint density at radius 2 is 1.88 bits per heavy atom. The third kappa shape index (κ3) is 3.82. The molecule has 1 aromatic heterocycles. The van der Waals surface area contributed by atoms with E-state index in [4.69, 9.17) is 9.47 Å². The van der Waals surface area contributed by atoms with Crippen LogP contribution in [0.1, 0.15) is 36.8 Å². The van der Waals surface area contributed by atoms with Crippen molar-refractivity contribution in [2.45, 2.75) is 6.54 Å². The van der Waals surface area contributed by atoms with Crippen molar-refractivity contribution in [2.24, 2.45) is 0 Å². The van der Waals surface area contributed by atoms with E-state index in [2.05, 4.69) is 26.2 Å². The Bertz CT molecular complexity index is 1230. The zero-order valence-corrected chi connectivity index (χ0v) is 18.8. The lowest BCUT2D eigenvalue weighted by molar-refractivity contribution is 0.0641. The van der Waals surface area contributed by atoms with Gasteiger partial charge in [-0.25, -0.2) is 0 Å². The third-order valence-electron chi connectivity index (χ3n) is 5.02. The highest BCUT2D eigenvalue weighted by Gasteiger charge is 2.39. The highest BCUT2D eigenvalue weighted by molar-refractivity contribution is 9.10. The van der Waals surface area contributed by atoms with E-state index in [0.717, 1.165) is 9.37 Å². The molecule has 3 amide bonds. The van der Waals surface area contributed by atoms with Crippen LogP contribution in [0.25, 0.3) is 0 Å². The van der Waals surface area contributed by atoms with Gasteiger partial charge in [-0.2, -0.15) is 0 Å². The number of anilines is 1. The summed E-state index contributed by atoms with van der Waals surface area (Å²) in [5.41, 5.74) is 1.68. The number of amides is 3. The Morgan fingerprint density at radius 3 is 2.56 bits per heavy atom. The predicted molar refractivity (Wildman–Crippen MR) is 120 cm³/mol. The summed E-state index contributed by atoms with van der Waals surface area (Å²) in [4.78, 5) is 43.9. The zero-order valence-electron chi connectivity index (χ0n) is 17.2. The maximum absolute atomic E-state index is 13.2. The molecule has 2 aromatic carbocycles. The van der Waals surface area contributed by atoms with E-state index in [1.165, 1.54) is 20.4 Å². The molecular weight excluding hydrogens is 478 g/mol. The van der Waals surface area contributed by atoms with Gasteiger partial charge >= 0.3 is 0 Å². The molecule has 0 atom stereocenters. The maximum Gasteiger partial charge on any atom is 0.274 e. The normalized spacial score (nSPS) is 12.5. The fraction of sp³-hybridized carbons (Fsp3) is 0.130. The van der Waals surface area contributed by atoms with Crippen LogP contribution in [-0.2, 0) is 6.54 Å².